The van der Waals surface area contributed by atoms with E-state index >= 15 is 0 Å². The highest BCUT2D eigenvalue weighted by Gasteiger charge is 2.06. The van der Waals surface area contributed by atoms with E-state index in [0.717, 1.165) is 16.6 Å². The Balaban J connectivity index is 1.63. The van der Waals surface area contributed by atoms with Gasteiger partial charge in [-0.1, -0.05) is 12.1 Å². The molecule has 5 heteroatoms. The average Bonchev–Trinajstić information content (AvgIpc) is 2.53. The molecule has 1 aromatic carbocycles. The van der Waals surface area contributed by atoms with Crippen molar-refractivity contribution in [2.45, 2.75) is 6.92 Å². The summed E-state index contributed by atoms with van der Waals surface area (Å²) in [6.07, 6.45) is 1.71. The molecule has 0 saturated carbocycles. The maximum absolute atomic E-state index is 11.9. The maximum atomic E-state index is 11.9. The van der Waals surface area contributed by atoms with Crippen LogP contribution in [0, 0.1) is 6.92 Å². The van der Waals surface area contributed by atoms with Gasteiger partial charge < -0.3 is 10.1 Å². The molecule has 0 bridgehead atoms. The van der Waals surface area contributed by atoms with Crippen LogP contribution >= 0.6 is 0 Å². The van der Waals surface area contributed by atoms with Crippen LogP contribution in [0.3, 0.4) is 0 Å². The van der Waals surface area contributed by atoms with E-state index in [1.54, 1.807) is 12.3 Å². The van der Waals surface area contributed by atoms with Crippen molar-refractivity contribution in [1.29, 1.82) is 0 Å². The van der Waals surface area contributed by atoms with Gasteiger partial charge in [-0.25, -0.2) is 4.98 Å². The van der Waals surface area contributed by atoms with E-state index in [0.29, 0.717) is 11.6 Å². The molecule has 3 aromatic rings. The first-order chi connectivity index (χ1) is 10.7. The number of nitrogens with one attached hydrogen (secondary N) is 1. The Labute approximate surface area is 128 Å². The van der Waals surface area contributed by atoms with Crippen molar-refractivity contribution >= 4 is 22.8 Å². The fourth-order valence-electron chi connectivity index (χ4n) is 2.06. The highest BCUT2D eigenvalue weighted by atomic mass is 16.5. The summed E-state index contributed by atoms with van der Waals surface area (Å²) >= 11 is 0. The molecule has 22 heavy (non-hydrogen) atoms. The van der Waals surface area contributed by atoms with Gasteiger partial charge in [0, 0.05) is 6.20 Å². The molecule has 0 saturated heterocycles. The van der Waals surface area contributed by atoms with E-state index in [1.807, 2.05) is 49.4 Å². The molecule has 0 unspecified atom stereocenters. The Morgan fingerprint density at radius 1 is 1.14 bits per heavy atom. The number of rotatable bonds is 4. The SMILES string of the molecule is Cc1cccc(OCC(=O)Nc2ccc3ncccc3n2)c1. The molecular weight excluding hydrogens is 278 g/mol. The zero-order valence-corrected chi connectivity index (χ0v) is 12.1. The van der Waals surface area contributed by atoms with Crippen LogP contribution in [-0.4, -0.2) is 22.5 Å². The summed E-state index contributed by atoms with van der Waals surface area (Å²) in [6, 6.07) is 14.8. The third-order valence-electron chi connectivity index (χ3n) is 3.08. The first-order valence-electron chi connectivity index (χ1n) is 6.92. The lowest BCUT2D eigenvalue weighted by Crippen LogP contribution is -2.20. The number of hydrogen-bond donors (Lipinski definition) is 1. The van der Waals surface area contributed by atoms with Crippen molar-refractivity contribution < 1.29 is 9.53 Å². The van der Waals surface area contributed by atoms with Gasteiger partial charge in [-0.05, 0) is 48.9 Å². The standard InChI is InChI=1S/C17H15N3O2/c1-12-4-2-5-13(10-12)22-11-17(21)20-16-8-7-14-15(19-16)6-3-9-18-14/h2-10H,11H2,1H3,(H,19,20,21). The highest BCUT2D eigenvalue weighted by molar-refractivity contribution is 5.92. The van der Waals surface area contributed by atoms with Gasteiger partial charge in [0.15, 0.2) is 6.61 Å². The van der Waals surface area contributed by atoms with Crippen LogP contribution in [-0.2, 0) is 4.79 Å². The number of nitrogens with zero attached hydrogens (tertiary/aromatic N) is 2. The maximum Gasteiger partial charge on any atom is 0.263 e. The zero-order chi connectivity index (χ0) is 15.4. The summed E-state index contributed by atoms with van der Waals surface area (Å²) in [4.78, 5) is 20.4. The van der Waals surface area contributed by atoms with Crippen LogP contribution in [0.5, 0.6) is 5.75 Å². The van der Waals surface area contributed by atoms with Crippen LogP contribution in [0.4, 0.5) is 5.82 Å². The molecule has 1 amide bonds. The molecule has 0 atom stereocenters. The number of fused-ring (bicyclic) bond motifs is 1. The van der Waals surface area contributed by atoms with Crippen molar-refractivity contribution in [1.82, 2.24) is 9.97 Å². The summed E-state index contributed by atoms with van der Waals surface area (Å²) in [5.74, 6) is 0.904. The number of carbonyl (C=O) groups excluding carboxylic acids is 1. The quantitative estimate of drug-likeness (QED) is 0.803. The van der Waals surface area contributed by atoms with E-state index in [2.05, 4.69) is 15.3 Å². The van der Waals surface area contributed by atoms with E-state index in [1.165, 1.54) is 0 Å². The molecule has 2 heterocycles. The molecule has 0 spiro atoms. The van der Waals surface area contributed by atoms with Crippen molar-refractivity contribution in [3.05, 3.63) is 60.3 Å². The van der Waals surface area contributed by atoms with Gasteiger partial charge in [-0.15, -0.1) is 0 Å². The second kappa shape index (κ2) is 6.22. The number of benzene rings is 1. The van der Waals surface area contributed by atoms with Crippen molar-refractivity contribution in [3.8, 4) is 5.75 Å². The van der Waals surface area contributed by atoms with E-state index in [9.17, 15) is 4.79 Å². The average molecular weight is 293 g/mol. The molecule has 5 nitrogen and oxygen atoms in total. The smallest absolute Gasteiger partial charge is 0.263 e. The number of carbonyl (C=O) groups is 1. The lowest BCUT2D eigenvalue weighted by molar-refractivity contribution is -0.118. The Kier molecular flexibility index (Phi) is 3.96. The number of anilines is 1. The van der Waals surface area contributed by atoms with Gasteiger partial charge in [-0.2, -0.15) is 0 Å². The molecule has 0 aliphatic heterocycles. The second-order valence-electron chi connectivity index (χ2n) is 4.89. The van der Waals surface area contributed by atoms with Crippen LogP contribution in [0.25, 0.3) is 11.0 Å². The van der Waals surface area contributed by atoms with Gasteiger partial charge >= 0.3 is 0 Å². The van der Waals surface area contributed by atoms with Crippen molar-refractivity contribution in [2.75, 3.05) is 11.9 Å². The number of aryl methyl sites for hydroxylation is 1. The largest absolute Gasteiger partial charge is 0.484 e. The first kappa shape index (κ1) is 14.0. The fraction of sp³-hybridized carbons (Fsp3) is 0.118. The minimum Gasteiger partial charge on any atom is -0.484 e. The summed E-state index contributed by atoms with van der Waals surface area (Å²) in [6.45, 7) is 1.91. The monoisotopic (exact) mass is 293 g/mol. The Bertz CT molecular complexity index is 818. The predicted molar refractivity (Wildman–Crippen MR) is 84.8 cm³/mol. The molecule has 2 aromatic heterocycles. The molecule has 0 aliphatic rings. The lowest BCUT2D eigenvalue weighted by atomic mass is 10.2. The van der Waals surface area contributed by atoms with Crippen molar-refractivity contribution in [3.63, 3.8) is 0 Å². The van der Waals surface area contributed by atoms with Gasteiger partial charge in [0.1, 0.15) is 11.6 Å². The second-order valence-corrected chi connectivity index (χ2v) is 4.89. The van der Waals surface area contributed by atoms with Crippen LogP contribution in [0.2, 0.25) is 0 Å². The molecule has 3 rings (SSSR count). The Hall–Kier alpha value is -2.95. The Morgan fingerprint density at radius 3 is 2.91 bits per heavy atom. The van der Waals surface area contributed by atoms with Crippen LogP contribution in [0.1, 0.15) is 5.56 Å². The lowest BCUT2D eigenvalue weighted by Gasteiger charge is -2.08. The summed E-state index contributed by atoms with van der Waals surface area (Å²) in [7, 11) is 0. The third-order valence-corrected chi connectivity index (χ3v) is 3.08. The predicted octanol–water partition coefficient (Wildman–Crippen LogP) is 2.96. The Morgan fingerprint density at radius 2 is 2.05 bits per heavy atom. The topological polar surface area (TPSA) is 64.1 Å². The molecule has 110 valence electrons. The zero-order valence-electron chi connectivity index (χ0n) is 12.1. The molecule has 0 aliphatic carbocycles. The van der Waals surface area contributed by atoms with Gasteiger partial charge in [0.05, 0.1) is 11.0 Å². The van der Waals surface area contributed by atoms with E-state index in [-0.39, 0.29) is 12.5 Å². The minimum absolute atomic E-state index is 0.0593. The number of ether oxygens (including phenoxy) is 1. The number of aromatic nitrogens is 2. The molecule has 0 fully saturated rings. The van der Waals surface area contributed by atoms with E-state index < -0.39 is 0 Å². The first-order valence-corrected chi connectivity index (χ1v) is 6.92. The van der Waals surface area contributed by atoms with Gasteiger partial charge in [0.2, 0.25) is 0 Å². The summed E-state index contributed by atoms with van der Waals surface area (Å²) < 4.78 is 5.46. The molecular formula is C17H15N3O2. The van der Waals surface area contributed by atoms with Crippen LogP contribution in [0.15, 0.2) is 54.7 Å². The number of pyridine rings is 2. The number of hydrogen-bond acceptors (Lipinski definition) is 4. The number of amides is 1. The van der Waals surface area contributed by atoms with E-state index in [4.69, 9.17) is 4.74 Å². The van der Waals surface area contributed by atoms with Gasteiger partial charge in [-0.3, -0.25) is 9.78 Å². The highest BCUT2D eigenvalue weighted by Crippen LogP contribution is 2.14. The van der Waals surface area contributed by atoms with Crippen molar-refractivity contribution in [2.24, 2.45) is 0 Å². The molecule has 0 radical (unpaired) electrons. The third kappa shape index (κ3) is 3.38. The van der Waals surface area contributed by atoms with Crippen LogP contribution < -0.4 is 10.1 Å². The van der Waals surface area contributed by atoms with Gasteiger partial charge in [0.25, 0.3) is 5.91 Å². The summed E-state index contributed by atoms with van der Waals surface area (Å²) in [5.41, 5.74) is 2.61. The molecule has 1 N–H and O–H groups in total. The fourth-order valence-corrected chi connectivity index (χ4v) is 2.06. The normalized spacial score (nSPS) is 10.4. The minimum atomic E-state index is -0.253. The summed E-state index contributed by atoms with van der Waals surface area (Å²) in [5, 5.41) is 2.72.